The highest BCUT2D eigenvalue weighted by Gasteiger charge is 2.59. The highest BCUT2D eigenvalue weighted by Crippen LogP contribution is 2.52. The van der Waals surface area contributed by atoms with E-state index >= 15 is 0 Å². The topological polar surface area (TPSA) is 36.9 Å². The van der Waals surface area contributed by atoms with E-state index in [0.717, 1.165) is 44.3 Å². The monoisotopic (exact) mass is 666 g/mol. The Balaban J connectivity index is 1.27. The molecule has 2 saturated heterocycles. The van der Waals surface area contributed by atoms with Crippen LogP contribution in [0.3, 0.4) is 0 Å². The third-order valence-corrected chi connectivity index (χ3v) is 9.62. The van der Waals surface area contributed by atoms with Crippen LogP contribution in [-0.2, 0) is 44.2 Å². The molecule has 5 heteroatoms. The first-order chi connectivity index (χ1) is 19.9. The molecule has 3 aromatic rings. The average Bonchev–Trinajstić information content (AvgIpc) is 3.28. The van der Waals surface area contributed by atoms with E-state index in [1.165, 1.54) is 27.8 Å². The van der Waals surface area contributed by atoms with E-state index < -0.39 is 5.79 Å². The molecule has 0 radical (unpaired) electrons. The number of hydrogen-bond donors (Lipinski definition) is 0. The SMILES string of the molecule is C=CCOCCCCc1ccc(Cc2cc([C@]34C[C@@H](OCc5ccccc5)C[C@](C(C)I)(CO3)O4)ccc2C)cc1. The van der Waals surface area contributed by atoms with Crippen molar-refractivity contribution in [3.8, 4) is 0 Å². The van der Waals surface area contributed by atoms with E-state index in [2.05, 4.69) is 110 Å². The average molecular weight is 667 g/mol. The van der Waals surface area contributed by atoms with Crippen molar-refractivity contribution in [1.29, 1.82) is 0 Å². The smallest absolute Gasteiger partial charge is 0.198 e. The van der Waals surface area contributed by atoms with Crippen LogP contribution in [-0.4, -0.2) is 35.5 Å². The third-order valence-electron chi connectivity index (χ3n) is 8.49. The molecule has 0 amide bonds. The number of benzene rings is 3. The number of unbranched alkanes of at least 4 members (excludes halogenated alkanes) is 1. The van der Waals surface area contributed by atoms with Gasteiger partial charge in [-0.1, -0.05) is 102 Å². The Morgan fingerprint density at radius 2 is 1.78 bits per heavy atom. The molecule has 0 spiro atoms. The molecule has 2 aliphatic heterocycles. The Labute approximate surface area is 259 Å². The maximum absolute atomic E-state index is 6.91. The van der Waals surface area contributed by atoms with Gasteiger partial charge < -0.3 is 18.9 Å². The normalized spacial score (nSPS) is 24.3. The highest BCUT2D eigenvalue weighted by molar-refractivity contribution is 14.1. The van der Waals surface area contributed by atoms with Crippen molar-refractivity contribution in [2.75, 3.05) is 19.8 Å². The van der Waals surface area contributed by atoms with Gasteiger partial charge in [-0.15, -0.1) is 6.58 Å². The highest BCUT2D eigenvalue weighted by atomic mass is 127. The first-order valence-corrected chi connectivity index (χ1v) is 16.2. The van der Waals surface area contributed by atoms with E-state index in [0.29, 0.717) is 30.2 Å². The standard InChI is InChI=1S/C36H43IO4/c1-4-19-38-20-9-8-10-29-14-16-30(17-15-29)21-32-22-33(18-13-27(32)2)36-24-34(39-25-31-11-6-5-7-12-31)23-35(41-36,26-40-36)28(3)37/h4-7,11-18,22,28,34H,1,8-10,19-21,23-26H2,2-3H3/t28?,34-,35+,36+/m0/s1. The second kappa shape index (κ2) is 14.0. The third kappa shape index (κ3) is 7.49. The lowest BCUT2D eigenvalue weighted by molar-refractivity contribution is -0.248. The van der Waals surface area contributed by atoms with Crippen LogP contribution in [0.4, 0.5) is 0 Å². The van der Waals surface area contributed by atoms with Crippen LogP contribution in [0.1, 0.15) is 66.0 Å². The lowest BCUT2D eigenvalue weighted by Crippen LogP contribution is -2.50. The predicted molar refractivity (Wildman–Crippen MR) is 174 cm³/mol. The molecule has 4 atom stereocenters. The molecule has 3 aromatic carbocycles. The van der Waals surface area contributed by atoms with Gasteiger partial charge in [0.25, 0.3) is 0 Å². The van der Waals surface area contributed by atoms with E-state index in [1.807, 2.05) is 6.07 Å². The van der Waals surface area contributed by atoms with E-state index in [4.69, 9.17) is 18.9 Å². The summed E-state index contributed by atoms with van der Waals surface area (Å²) < 4.78 is 25.8. The molecule has 0 aliphatic carbocycles. The van der Waals surface area contributed by atoms with E-state index in [1.54, 1.807) is 6.08 Å². The molecule has 218 valence electrons. The number of ether oxygens (including phenoxy) is 4. The lowest BCUT2D eigenvalue weighted by Gasteiger charge is -2.43. The van der Waals surface area contributed by atoms with Crippen molar-refractivity contribution >= 4 is 22.6 Å². The largest absolute Gasteiger partial charge is 0.377 e. The summed E-state index contributed by atoms with van der Waals surface area (Å²) in [7, 11) is 0. The fraction of sp³-hybridized carbons (Fsp3) is 0.444. The van der Waals surface area contributed by atoms with Crippen molar-refractivity contribution in [2.45, 2.75) is 80.4 Å². The van der Waals surface area contributed by atoms with Crippen LogP contribution in [0.25, 0.3) is 0 Å². The summed E-state index contributed by atoms with van der Waals surface area (Å²) in [4.78, 5) is 0. The Morgan fingerprint density at radius 1 is 1.00 bits per heavy atom. The first kappa shape index (κ1) is 30.4. The van der Waals surface area contributed by atoms with Gasteiger partial charge in [0.1, 0.15) is 5.60 Å². The minimum absolute atomic E-state index is 0.0644. The lowest BCUT2D eigenvalue weighted by atomic mass is 9.85. The van der Waals surface area contributed by atoms with Crippen LogP contribution in [0.2, 0.25) is 0 Å². The van der Waals surface area contributed by atoms with Gasteiger partial charge in [0.05, 0.1) is 25.9 Å². The summed E-state index contributed by atoms with van der Waals surface area (Å²) in [5, 5.41) is 0. The van der Waals surface area contributed by atoms with Gasteiger partial charge in [0.15, 0.2) is 5.79 Å². The molecule has 1 unspecified atom stereocenters. The van der Waals surface area contributed by atoms with Crippen LogP contribution >= 0.6 is 22.6 Å². The molecule has 0 saturated carbocycles. The molecular weight excluding hydrogens is 623 g/mol. The molecule has 41 heavy (non-hydrogen) atoms. The van der Waals surface area contributed by atoms with Crippen LogP contribution in [0.5, 0.6) is 0 Å². The Morgan fingerprint density at radius 3 is 2.54 bits per heavy atom. The van der Waals surface area contributed by atoms with Crippen LogP contribution in [0, 0.1) is 6.92 Å². The number of fused-ring (bicyclic) bond motifs is 2. The molecule has 2 bridgehead atoms. The van der Waals surface area contributed by atoms with Crippen molar-refractivity contribution in [1.82, 2.24) is 0 Å². The fourth-order valence-electron chi connectivity index (χ4n) is 5.95. The van der Waals surface area contributed by atoms with Gasteiger partial charge >= 0.3 is 0 Å². The summed E-state index contributed by atoms with van der Waals surface area (Å²) in [5.41, 5.74) is 7.23. The number of alkyl halides is 1. The number of aryl methyl sites for hydroxylation is 2. The molecule has 2 aliphatic rings. The fourth-order valence-corrected chi connectivity index (χ4v) is 6.51. The number of hydrogen-bond acceptors (Lipinski definition) is 4. The summed E-state index contributed by atoms with van der Waals surface area (Å²) in [5.74, 6) is -0.777. The van der Waals surface area contributed by atoms with Crippen LogP contribution < -0.4 is 0 Å². The Hall–Kier alpha value is -2.03. The minimum atomic E-state index is -0.777. The van der Waals surface area contributed by atoms with Crippen LogP contribution in [0.15, 0.2) is 85.5 Å². The van der Waals surface area contributed by atoms with Gasteiger partial charge in [-0.3, -0.25) is 0 Å². The molecular formula is C36H43IO4. The van der Waals surface area contributed by atoms with Gasteiger partial charge in [-0.25, -0.2) is 0 Å². The number of halogens is 1. The summed E-state index contributed by atoms with van der Waals surface area (Å²) in [6, 6.07) is 26.2. The molecule has 2 heterocycles. The quantitative estimate of drug-likeness (QED) is 0.0752. The molecule has 5 rings (SSSR count). The predicted octanol–water partition coefficient (Wildman–Crippen LogP) is 8.25. The molecule has 0 aromatic heterocycles. The Kier molecular flexibility index (Phi) is 10.4. The van der Waals surface area contributed by atoms with Gasteiger partial charge in [-0.2, -0.15) is 0 Å². The zero-order chi connectivity index (χ0) is 28.7. The second-order valence-electron chi connectivity index (χ2n) is 11.6. The van der Waals surface area contributed by atoms with Crippen molar-refractivity contribution < 1.29 is 18.9 Å². The molecule has 0 N–H and O–H groups in total. The molecule has 4 nitrogen and oxygen atoms in total. The molecule has 2 fully saturated rings. The zero-order valence-corrected chi connectivity index (χ0v) is 26.6. The van der Waals surface area contributed by atoms with Gasteiger partial charge in [0, 0.05) is 28.9 Å². The van der Waals surface area contributed by atoms with Crippen molar-refractivity contribution in [3.05, 3.63) is 119 Å². The summed E-state index contributed by atoms with van der Waals surface area (Å²) in [6.07, 6.45) is 7.57. The van der Waals surface area contributed by atoms with Crippen molar-refractivity contribution in [2.24, 2.45) is 0 Å². The van der Waals surface area contributed by atoms with E-state index in [9.17, 15) is 0 Å². The zero-order valence-electron chi connectivity index (χ0n) is 24.4. The maximum Gasteiger partial charge on any atom is 0.198 e. The van der Waals surface area contributed by atoms with Gasteiger partial charge in [0.2, 0.25) is 0 Å². The summed E-state index contributed by atoms with van der Waals surface area (Å²) in [6.45, 7) is 10.7. The minimum Gasteiger partial charge on any atom is -0.377 e. The van der Waals surface area contributed by atoms with Gasteiger partial charge in [-0.05, 0) is 66.5 Å². The number of rotatable bonds is 14. The van der Waals surface area contributed by atoms with E-state index in [-0.39, 0.29) is 11.7 Å². The van der Waals surface area contributed by atoms with Crippen molar-refractivity contribution in [3.63, 3.8) is 0 Å². The Bertz CT molecular complexity index is 1270. The first-order valence-electron chi connectivity index (χ1n) is 14.9. The maximum atomic E-state index is 6.91. The summed E-state index contributed by atoms with van der Waals surface area (Å²) >= 11 is 2.49. The second-order valence-corrected chi connectivity index (χ2v) is 13.5.